The van der Waals surface area contributed by atoms with Crippen LogP contribution in [0.5, 0.6) is 5.75 Å². The molecule has 0 aromatic heterocycles. The van der Waals surface area contributed by atoms with Crippen LogP contribution in [0, 0.1) is 5.82 Å². The number of methoxy groups -OCH3 is 1. The lowest BCUT2D eigenvalue weighted by atomic mass is 9.78. The third-order valence-corrected chi connectivity index (χ3v) is 4.41. The molecular weight excluding hydrogens is 314 g/mol. The Morgan fingerprint density at radius 2 is 1.68 bits per heavy atom. The average molecular weight is 331 g/mol. The van der Waals surface area contributed by atoms with Crippen LogP contribution in [0.2, 0.25) is 0 Å². The molecule has 0 amide bonds. The van der Waals surface area contributed by atoms with Gasteiger partial charge in [0.2, 0.25) is 0 Å². The molecule has 104 valence electrons. The predicted molar refractivity (Wildman–Crippen MR) is 76.4 cm³/mol. The Hall–Kier alpha value is -0.585. The molecule has 19 heavy (non-hydrogen) atoms. The zero-order chi connectivity index (χ0) is 14.4. The highest BCUT2D eigenvalue weighted by atomic mass is 79.9. The zero-order valence-electron chi connectivity index (χ0n) is 11.7. The summed E-state index contributed by atoms with van der Waals surface area (Å²) in [6, 6.07) is 3.29. The van der Waals surface area contributed by atoms with Crippen LogP contribution < -0.4 is 10.2 Å². The fourth-order valence-corrected chi connectivity index (χ4v) is 2.25. The van der Waals surface area contributed by atoms with E-state index in [1.165, 1.54) is 7.11 Å². The lowest BCUT2D eigenvalue weighted by molar-refractivity contribution is 0.00578. The number of hydrogen-bond donors (Lipinski definition) is 0. The number of hydrogen-bond acceptors (Lipinski definition) is 3. The first-order valence-electron chi connectivity index (χ1n) is 6.07. The highest BCUT2D eigenvalue weighted by Crippen LogP contribution is 2.37. The lowest BCUT2D eigenvalue weighted by Gasteiger charge is -2.32. The summed E-state index contributed by atoms with van der Waals surface area (Å²) in [5.41, 5.74) is -0.745. The summed E-state index contributed by atoms with van der Waals surface area (Å²) >= 11 is 3.17. The molecule has 1 heterocycles. The van der Waals surface area contributed by atoms with Crippen LogP contribution >= 0.6 is 15.9 Å². The van der Waals surface area contributed by atoms with Crippen molar-refractivity contribution in [3.05, 3.63) is 22.4 Å². The van der Waals surface area contributed by atoms with Gasteiger partial charge in [-0.2, -0.15) is 0 Å². The van der Waals surface area contributed by atoms with E-state index in [4.69, 9.17) is 14.0 Å². The van der Waals surface area contributed by atoms with Crippen molar-refractivity contribution in [2.45, 2.75) is 38.9 Å². The first kappa shape index (κ1) is 14.8. The average Bonchev–Trinajstić information content (AvgIpc) is 2.51. The van der Waals surface area contributed by atoms with Gasteiger partial charge in [-0.25, -0.2) is 4.39 Å². The fraction of sp³-hybridized carbons (Fsp3) is 0.538. The Bertz CT molecular complexity index is 489. The lowest BCUT2D eigenvalue weighted by Crippen LogP contribution is -2.41. The Labute approximate surface area is 121 Å². The number of benzene rings is 1. The topological polar surface area (TPSA) is 27.7 Å². The summed E-state index contributed by atoms with van der Waals surface area (Å²) in [6.07, 6.45) is 0. The highest BCUT2D eigenvalue weighted by molar-refractivity contribution is 9.10. The van der Waals surface area contributed by atoms with Crippen molar-refractivity contribution in [3.8, 4) is 5.75 Å². The van der Waals surface area contributed by atoms with Crippen molar-refractivity contribution in [1.82, 2.24) is 0 Å². The van der Waals surface area contributed by atoms with Gasteiger partial charge in [-0.15, -0.1) is 0 Å². The van der Waals surface area contributed by atoms with Crippen molar-refractivity contribution in [3.63, 3.8) is 0 Å². The second kappa shape index (κ2) is 4.75. The smallest absolute Gasteiger partial charge is 0.497 e. The molecular formula is C13H17BBrFO3. The fourth-order valence-electron chi connectivity index (χ4n) is 1.91. The van der Waals surface area contributed by atoms with E-state index in [9.17, 15) is 4.39 Å². The summed E-state index contributed by atoms with van der Waals surface area (Å²) in [4.78, 5) is 0. The van der Waals surface area contributed by atoms with Crippen molar-refractivity contribution in [1.29, 1.82) is 0 Å². The molecule has 0 N–H and O–H groups in total. The maximum absolute atomic E-state index is 14.3. The van der Waals surface area contributed by atoms with Gasteiger partial charge in [0.15, 0.2) is 0 Å². The van der Waals surface area contributed by atoms with E-state index in [2.05, 4.69) is 15.9 Å². The van der Waals surface area contributed by atoms with Gasteiger partial charge in [0.1, 0.15) is 11.6 Å². The first-order valence-corrected chi connectivity index (χ1v) is 6.86. The van der Waals surface area contributed by atoms with E-state index >= 15 is 0 Å². The second-order valence-electron chi connectivity index (χ2n) is 5.57. The van der Waals surface area contributed by atoms with Crippen LogP contribution in [0.4, 0.5) is 4.39 Å². The molecule has 0 saturated carbocycles. The van der Waals surface area contributed by atoms with Crippen molar-refractivity contribution in [2.24, 2.45) is 0 Å². The molecule has 1 saturated heterocycles. The summed E-state index contributed by atoms with van der Waals surface area (Å²) < 4.78 is 31.6. The van der Waals surface area contributed by atoms with Gasteiger partial charge in [-0.05, 0) is 55.8 Å². The second-order valence-corrected chi connectivity index (χ2v) is 6.42. The third-order valence-electron chi connectivity index (χ3n) is 3.80. The summed E-state index contributed by atoms with van der Waals surface area (Å²) in [5.74, 6) is -0.00273. The quantitative estimate of drug-likeness (QED) is 0.780. The van der Waals surface area contributed by atoms with E-state index in [0.717, 1.165) is 0 Å². The summed E-state index contributed by atoms with van der Waals surface area (Å²) in [6.45, 7) is 7.70. The minimum absolute atomic E-state index is 0.288. The Balaban J connectivity index is 2.47. The molecule has 6 heteroatoms. The van der Waals surface area contributed by atoms with E-state index in [1.54, 1.807) is 12.1 Å². The highest BCUT2D eigenvalue weighted by Gasteiger charge is 2.53. The minimum Gasteiger partial charge on any atom is -0.497 e. The minimum atomic E-state index is -0.780. The Morgan fingerprint density at radius 3 is 2.16 bits per heavy atom. The maximum Gasteiger partial charge on any atom is 0.501 e. The molecule has 1 fully saturated rings. The van der Waals surface area contributed by atoms with Crippen LogP contribution in [0.1, 0.15) is 27.7 Å². The van der Waals surface area contributed by atoms with Gasteiger partial charge in [0.25, 0.3) is 0 Å². The predicted octanol–water partition coefficient (Wildman–Crippen LogP) is 2.90. The molecule has 1 aliphatic rings. The molecule has 1 aromatic carbocycles. The van der Waals surface area contributed by atoms with Gasteiger partial charge in [0.05, 0.1) is 28.2 Å². The van der Waals surface area contributed by atoms with E-state index in [1.807, 2.05) is 27.7 Å². The van der Waals surface area contributed by atoms with Crippen LogP contribution in [-0.2, 0) is 9.31 Å². The van der Waals surface area contributed by atoms with Gasteiger partial charge >= 0.3 is 7.12 Å². The number of rotatable bonds is 2. The Morgan fingerprint density at radius 1 is 1.16 bits per heavy atom. The molecule has 1 aromatic rings. The van der Waals surface area contributed by atoms with E-state index in [-0.39, 0.29) is 5.46 Å². The number of halogens is 2. The molecule has 2 rings (SSSR count). The Kier molecular flexibility index (Phi) is 3.71. The van der Waals surface area contributed by atoms with Crippen molar-refractivity contribution < 1.29 is 18.4 Å². The standard InChI is InChI=1S/C13H17BBrFO3/c1-12(2)13(3,4)19-14(18-12)10-9(17-5)7-6-8(15)11(10)16/h6-7H,1-5H3. The van der Waals surface area contributed by atoms with Gasteiger partial charge in [-0.1, -0.05) is 0 Å². The molecule has 0 atom stereocenters. The van der Waals surface area contributed by atoms with E-state index < -0.39 is 24.1 Å². The maximum atomic E-state index is 14.3. The van der Waals surface area contributed by atoms with Gasteiger partial charge in [0, 0.05) is 0 Å². The van der Waals surface area contributed by atoms with Gasteiger partial charge < -0.3 is 14.0 Å². The van der Waals surface area contributed by atoms with Crippen LogP contribution in [-0.4, -0.2) is 25.4 Å². The molecule has 0 bridgehead atoms. The molecule has 0 unspecified atom stereocenters. The summed E-state index contributed by atoms with van der Waals surface area (Å²) in [5, 5.41) is 0. The van der Waals surface area contributed by atoms with Crippen LogP contribution in [0.15, 0.2) is 16.6 Å². The third kappa shape index (κ3) is 2.41. The SMILES string of the molecule is COc1ccc(Br)c(F)c1B1OC(C)(C)C(C)(C)O1. The molecule has 1 aliphatic heterocycles. The van der Waals surface area contributed by atoms with Crippen molar-refractivity contribution >= 4 is 28.5 Å². The van der Waals surface area contributed by atoms with Crippen molar-refractivity contribution in [2.75, 3.05) is 7.11 Å². The van der Waals surface area contributed by atoms with Gasteiger partial charge in [-0.3, -0.25) is 0 Å². The first-order chi connectivity index (χ1) is 8.69. The summed E-state index contributed by atoms with van der Waals surface area (Å²) in [7, 11) is 0.717. The molecule has 0 aliphatic carbocycles. The molecule has 3 nitrogen and oxygen atoms in total. The monoisotopic (exact) mass is 330 g/mol. The molecule has 0 spiro atoms. The normalized spacial score (nSPS) is 20.7. The molecule has 0 radical (unpaired) electrons. The van der Waals surface area contributed by atoms with Crippen LogP contribution in [0.25, 0.3) is 0 Å². The largest absolute Gasteiger partial charge is 0.501 e. The van der Waals surface area contributed by atoms with E-state index in [0.29, 0.717) is 10.2 Å². The zero-order valence-corrected chi connectivity index (χ0v) is 13.3. The van der Waals surface area contributed by atoms with Crippen LogP contribution in [0.3, 0.4) is 0 Å². The number of ether oxygens (including phenoxy) is 1.